The standard InChI is InChI=1S/C15H19FN2O.ClH/c16-11-5-3-10(4-6-11)13-8-14(13)15(19)18-7-1-2-12(18)9-17;/h3-6,12-14H,1-2,7-9,17H2;1H. The highest BCUT2D eigenvalue weighted by molar-refractivity contribution is 5.85. The highest BCUT2D eigenvalue weighted by atomic mass is 35.5. The Bertz CT molecular complexity index is 479. The number of carbonyl (C=O) groups is 1. The van der Waals surface area contributed by atoms with Crippen molar-refractivity contribution in [1.29, 1.82) is 0 Å². The minimum atomic E-state index is -0.227. The van der Waals surface area contributed by atoms with Gasteiger partial charge in [0.15, 0.2) is 0 Å². The number of nitrogens with two attached hydrogens (primary N) is 1. The fourth-order valence-corrected chi connectivity index (χ4v) is 3.13. The van der Waals surface area contributed by atoms with Crippen molar-refractivity contribution in [3.8, 4) is 0 Å². The summed E-state index contributed by atoms with van der Waals surface area (Å²) in [6.07, 6.45) is 2.97. The minimum absolute atomic E-state index is 0. The molecule has 2 fully saturated rings. The number of hydrogen-bond donors (Lipinski definition) is 1. The van der Waals surface area contributed by atoms with Gasteiger partial charge in [0.1, 0.15) is 5.82 Å². The number of nitrogens with zero attached hydrogens (tertiary/aromatic N) is 1. The fraction of sp³-hybridized carbons (Fsp3) is 0.533. The molecule has 1 aromatic carbocycles. The topological polar surface area (TPSA) is 46.3 Å². The predicted molar refractivity (Wildman–Crippen MR) is 78.3 cm³/mol. The van der Waals surface area contributed by atoms with Crippen LogP contribution in [0.4, 0.5) is 4.39 Å². The quantitative estimate of drug-likeness (QED) is 0.931. The minimum Gasteiger partial charge on any atom is -0.338 e. The lowest BCUT2D eigenvalue weighted by molar-refractivity contribution is -0.133. The lowest BCUT2D eigenvalue weighted by Crippen LogP contribution is -2.40. The van der Waals surface area contributed by atoms with Gasteiger partial charge in [-0.15, -0.1) is 12.4 Å². The van der Waals surface area contributed by atoms with E-state index in [1.165, 1.54) is 12.1 Å². The molecule has 0 bridgehead atoms. The molecule has 2 N–H and O–H groups in total. The second-order valence-corrected chi connectivity index (χ2v) is 5.56. The predicted octanol–water partition coefficient (Wildman–Crippen LogP) is 2.30. The highest BCUT2D eigenvalue weighted by Gasteiger charge is 2.47. The Morgan fingerprint density at radius 1 is 1.35 bits per heavy atom. The molecule has 1 amide bonds. The smallest absolute Gasteiger partial charge is 0.226 e. The maximum Gasteiger partial charge on any atom is 0.226 e. The molecule has 1 aliphatic carbocycles. The molecule has 0 aromatic heterocycles. The van der Waals surface area contributed by atoms with Crippen LogP contribution in [0.25, 0.3) is 0 Å². The second-order valence-electron chi connectivity index (χ2n) is 5.56. The Kier molecular flexibility index (Phi) is 4.66. The van der Waals surface area contributed by atoms with Crippen LogP contribution in [0.2, 0.25) is 0 Å². The first-order chi connectivity index (χ1) is 9.20. The van der Waals surface area contributed by atoms with Crippen molar-refractivity contribution in [3.05, 3.63) is 35.6 Å². The summed E-state index contributed by atoms with van der Waals surface area (Å²) in [5.41, 5.74) is 6.78. The molecule has 0 radical (unpaired) electrons. The Hall–Kier alpha value is -1.13. The summed E-state index contributed by atoms with van der Waals surface area (Å²) in [5.74, 6) is 0.363. The molecule has 3 atom stereocenters. The first-order valence-corrected chi connectivity index (χ1v) is 6.96. The molecule has 3 unspecified atom stereocenters. The largest absolute Gasteiger partial charge is 0.338 e. The van der Waals surface area contributed by atoms with Crippen LogP contribution in [-0.2, 0) is 4.79 Å². The molecule has 2 aliphatic rings. The van der Waals surface area contributed by atoms with Crippen LogP contribution in [-0.4, -0.2) is 29.9 Å². The molecular weight excluding hydrogens is 279 g/mol. The molecule has 3 nitrogen and oxygen atoms in total. The SMILES string of the molecule is Cl.NCC1CCCN1C(=O)C1CC1c1ccc(F)cc1. The van der Waals surface area contributed by atoms with Gasteiger partial charge < -0.3 is 10.6 Å². The van der Waals surface area contributed by atoms with E-state index in [4.69, 9.17) is 5.73 Å². The van der Waals surface area contributed by atoms with E-state index in [0.29, 0.717) is 6.54 Å². The summed E-state index contributed by atoms with van der Waals surface area (Å²) in [7, 11) is 0. The normalized spacial score (nSPS) is 28.1. The molecule has 1 saturated carbocycles. The molecule has 3 rings (SSSR count). The van der Waals surface area contributed by atoms with Crippen molar-refractivity contribution in [2.75, 3.05) is 13.1 Å². The van der Waals surface area contributed by atoms with E-state index >= 15 is 0 Å². The Morgan fingerprint density at radius 3 is 2.70 bits per heavy atom. The van der Waals surface area contributed by atoms with Crippen molar-refractivity contribution in [3.63, 3.8) is 0 Å². The molecule has 1 heterocycles. The number of likely N-dealkylation sites (tertiary alicyclic amines) is 1. The summed E-state index contributed by atoms with van der Waals surface area (Å²) in [5, 5.41) is 0. The van der Waals surface area contributed by atoms with Gasteiger partial charge in [0, 0.05) is 25.0 Å². The zero-order chi connectivity index (χ0) is 13.4. The summed E-state index contributed by atoms with van der Waals surface area (Å²) in [6.45, 7) is 1.40. The van der Waals surface area contributed by atoms with E-state index in [1.807, 2.05) is 4.90 Å². The average molecular weight is 299 g/mol. The maximum absolute atomic E-state index is 12.9. The van der Waals surface area contributed by atoms with Crippen molar-refractivity contribution in [2.45, 2.75) is 31.2 Å². The highest BCUT2D eigenvalue weighted by Crippen LogP contribution is 2.49. The van der Waals surface area contributed by atoms with Gasteiger partial charge in [-0.1, -0.05) is 12.1 Å². The summed E-state index contributed by atoms with van der Waals surface area (Å²) in [4.78, 5) is 14.4. The van der Waals surface area contributed by atoms with E-state index in [1.54, 1.807) is 12.1 Å². The zero-order valence-corrected chi connectivity index (χ0v) is 12.1. The van der Waals surface area contributed by atoms with Gasteiger partial charge in [0.25, 0.3) is 0 Å². The number of carbonyl (C=O) groups excluding carboxylic acids is 1. The van der Waals surface area contributed by atoms with Gasteiger partial charge in [-0.3, -0.25) is 4.79 Å². The average Bonchev–Trinajstić information content (AvgIpc) is 3.07. The molecule has 5 heteroatoms. The van der Waals surface area contributed by atoms with Crippen molar-refractivity contribution in [1.82, 2.24) is 4.90 Å². The van der Waals surface area contributed by atoms with Crippen LogP contribution in [0.1, 0.15) is 30.7 Å². The van der Waals surface area contributed by atoms with Gasteiger partial charge >= 0.3 is 0 Å². The number of rotatable bonds is 3. The molecule has 1 aromatic rings. The van der Waals surface area contributed by atoms with E-state index in [0.717, 1.165) is 31.4 Å². The second kappa shape index (κ2) is 6.10. The number of hydrogen-bond acceptors (Lipinski definition) is 2. The van der Waals surface area contributed by atoms with E-state index in [-0.39, 0.29) is 42.0 Å². The van der Waals surface area contributed by atoms with Gasteiger partial charge in [-0.25, -0.2) is 4.39 Å². The van der Waals surface area contributed by atoms with Gasteiger partial charge in [-0.2, -0.15) is 0 Å². The zero-order valence-electron chi connectivity index (χ0n) is 11.3. The number of halogens is 2. The molecule has 110 valence electrons. The van der Waals surface area contributed by atoms with Crippen LogP contribution < -0.4 is 5.73 Å². The monoisotopic (exact) mass is 298 g/mol. The Morgan fingerprint density at radius 2 is 2.05 bits per heavy atom. The number of benzene rings is 1. The van der Waals surface area contributed by atoms with E-state index in [9.17, 15) is 9.18 Å². The first-order valence-electron chi connectivity index (χ1n) is 6.96. The van der Waals surface area contributed by atoms with Gasteiger partial charge in [-0.05, 0) is 42.9 Å². The Labute approximate surface area is 124 Å². The summed E-state index contributed by atoms with van der Waals surface area (Å²) >= 11 is 0. The summed E-state index contributed by atoms with van der Waals surface area (Å²) in [6, 6.07) is 6.73. The van der Waals surface area contributed by atoms with E-state index in [2.05, 4.69) is 0 Å². The van der Waals surface area contributed by atoms with Crippen LogP contribution in [0, 0.1) is 11.7 Å². The first kappa shape index (κ1) is 15.3. The lowest BCUT2D eigenvalue weighted by atomic mass is 10.1. The van der Waals surface area contributed by atoms with Crippen molar-refractivity contribution >= 4 is 18.3 Å². The van der Waals surface area contributed by atoms with Crippen LogP contribution >= 0.6 is 12.4 Å². The lowest BCUT2D eigenvalue weighted by Gasteiger charge is -2.23. The molecule has 1 saturated heterocycles. The third-order valence-electron chi connectivity index (χ3n) is 4.34. The van der Waals surface area contributed by atoms with E-state index < -0.39 is 0 Å². The molecule has 0 spiro atoms. The molecule has 1 aliphatic heterocycles. The van der Waals surface area contributed by atoms with Gasteiger partial charge in [0.05, 0.1) is 0 Å². The summed E-state index contributed by atoms with van der Waals surface area (Å²) < 4.78 is 12.9. The Balaban J connectivity index is 0.00000147. The number of amides is 1. The third kappa shape index (κ3) is 2.81. The van der Waals surface area contributed by atoms with Crippen LogP contribution in [0.15, 0.2) is 24.3 Å². The molecule has 20 heavy (non-hydrogen) atoms. The van der Waals surface area contributed by atoms with Crippen molar-refractivity contribution < 1.29 is 9.18 Å². The maximum atomic E-state index is 12.9. The van der Waals surface area contributed by atoms with Gasteiger partial charge in [0.2, 0.25) is 5.91 Å². The third-order valence-corrected chi connectivity index (χ3v) is 4.34. The van der Waals surface area contributed by atoms with Crippen molar-refractivity contribution in [2.24, 2.45) is 11.7 Å². The fourth-order valence-electron chi connectivity index (χ4n) is 3.13. The van der Waals surface area contributed by atoms with Crippen LogP contribution in [0.3, 0.4) is 0 Å². The van der Waals surface area contributed by atoms with Crippen LogP contribution in [0.5, 0.6) is 0 Å². The molecular formula is C15H20ClFN2O.